The zero-order valence-electron chi connectivity index (χ0n) is 11.3. The number of benzene rings is 2. The number of carbonyl (C=O) groups is 2. The summed E-state index contributed by atoms with van der Waals surface area (Å²) in [5.74, 6) is -1.73. The first kappa shape index (κ1) is 23.8. The van der Waals surface area contributed by atoms with Crippen molar-refractivity contribution in [2.75, 3.05) is 0 Å². The molecular weight excluding hydrogens is 994 g/mol. The average Bonchev–Trinajstić information content (AvgIpc) is 2.48. The van der Waals surface area contributed by atoms with Crippen LogP contribution in [0.25, 0.3) is 0 Å². The first-order chi connectivity index (χ1) is 11.1. The van der Waals surface area contributed by atoms with E-state index in [-0.39, 0.29) is 0 Å². The van der Waals surface area contributed by atoms with Crippen LogP contribution in [0, 0.1) is 21.4 Å². The van der Waals surface area contributed by atoms with Crippen molar-refractivity contribution in [2.45, 2.75) is 0 Å². The zero-order chi connectivity index (χ0) is 18.6. The van der Waals surface area contributed by atoms with Gasteiger partial charge < -0.3 is 10.2 Å². The topological polar surface area (TPSA) is 74.6 Å². The fraction of sp³-hybridized carbons (Fsp3) is 0. The van der Waals surface area contributed by atoms with Crippen LogP contribution in [-0.4, -0.2) is 22.2 Å². The molecule has 0 aliphatic rings. The second-order valence-corrected chi connectivity index (χ2v) is 10.9. The third-order valence-electron chi connectivity index (χ3n) is 2.49. The van der Waals surface area contributed by atoms with Gasteiger partial charge in [0.1, 0.15) is 0 Å². The molecule has 0 heterocycles. The second-order valence-electron chi connectivity index (χ2n) is 4.08. The minimum absolute atomic E-state index is 0.375. The molecule has 0 radical (unpaired) electrons. The number of halogens is 6. The predicted octanol–water partition coefficient (Wildman–Crippen LogP) is 6.40. The third-order valence-corrected chi connectivity index (χ3v) is 11.4. The quantitative estimate of drug-likeness (QED) is 0.208. The number of hydrogen-bond donors (Lipinski definition) is 2. The van der Waals surface area contributed by atoms with E-state index < -0.39 is 11.9 Å². The van der Waals surface area contributed by atoms with Crippen LogP contribution in [0.4, 0.5) is 0 Å². The molecule has 2 rings (SSSR count). The molecule has 0 amide bonds. The molecule has 0 spiro atoms. The van der Waals surface area contributed by atoms with Gasteiger partial charge in [-0.3, -0.25) is 0 Å². The smallest absolute Gasteiger partial charge is 0.336 e. The lowest BCUT2D eigenvalue weighted by molar-refractivity contribution is 0.0684. The molecule has 0 aliphatic carbocycles. The molecule has 0 saturated carbocycles. The summed E-state index contributed by atoms with van der Waals surface area (Å²) in [7, 11) is 0. The van der Waals surface area contributed by atoms with E-state index in [0.717, 1.165) is 21.4 Å². The molecule has 0 bridgehead atoms. The van der Waals surface area contributed by atoms with E-state index in [4.69, 9.17) is 10.2 Å². The molecular formula is C14H6I6O4. The molecule has 0 saturated heterocycles. The summed E-state index contributed by atoms with van der Waals surface area (Å²) in [6.45, 7) is 0. The van der Waals surface area contributed by atoms with E-state index in [0.29, 0.717) is 11.1 Å². The number of carboxylic acids is 2. The highest BCUT2D eigenvalue weighted by Crippen LogP contribution is 2.24. The molecule has 2 aromatic rings. The van der Waals surface area contributed by atoms with Crippen molar-refractivity contribution < 1.29 is 19.8 Å². The third kappa shape index (κ3) is 6.73. The second kappa shape index (κ2) is 10.9. The molecule has 128 valence electrons. The van der Waals surface area contributed by atoms with Crippen LogP contribution < -0.4 is 0 Å². The Bertz CT molecular complexity index is 806. The van der Waals surface area contributed by atoms with E-state index in [1.54, 1.807) is 12.1 Å². The highest BCUT2D eigenvalue weighted by molar-refractivity contribution is 14.1. The van der Waals surface area contributed by atoms with E-state index in [9.17, 15) is 9.59 Å². The maximum absolute atomic E-state index is 10.7. The summed E-state index contributed by atoms with van der Waals surface area (Å²) in [4.78, 5) is 21.4. The van der Waals surface area contributed by atoms with Gasteiger partial charge in [0.05, 0.1) is 11.1 Å². The molecule has 0 aromatic heterocycles. The molecule has 24 heavy (non-hydrogen) atoms. The van der Waals surface area contributed by atoms with Gasteiger partial charge >= 0.3 is 11.9 Å². The Labute approximate surface area is 220 Å². The SMILES string of the molecule is O=C(O)c1cc(I)cc(I)c1I.O=C(O)c1ccc(I)c(I)c1I. The van der Waals surface area contributed by atoms with Crippen LogP contribution in [0.5, 0.6) is 0 Å². The summed E-state index contributed by atoms with van der Waals surface area (Å²) >= 11 is 12.7. The van der Waals surface area contributed by atoms with Gasteiger partial charge in [0.15, 0.2) is 0 Å². The molecule has 10 heteroatoms. The summed E-state index contributed by atoms with van der Waals surface area (Å²) in [6.07, 6.45) is 0. The Kier molecular flexibility index (Phi) is 10.8. The van der Waals surface area contributed by atoms with Crippen molar-refractivity contribution in [2.24, 2.45) is 0 Å². The number of aromatic carboxylic acids is 2. The summed E-state index contributed by atoms with van der Waals surface area (Å²) in [5, 5.41) is 17.6. The van der Waals surface area contributed by atoms with Crippen molar-refractivity contribution in [3.63, 3.8) is 0 Å². The lowest BCUT2D eigenvalue weighted by Gasteiger charge is -2.02. The molecule has 2 aromatic carbocycles. The number of hydrogen-bond acceptors (Lipinski definition) is 2. The van der Waals surface area contributed by atoms with Crippen LogP contribution >= 0.6 is 136 Å². The first-order valence-corrected chi connectivity index (χ1v) is 12.3. The Morgan fingerprint density at radius 3 is 1.71 bits per heavy atom. The van der Waals surface area contributed by atoms with Gasteiger partial charge in [0.2, 0.25) is 0 Å². The fourth-order valence-corrected chi connectivity index (χ4v) is 5.93. The molecule has 0 aliphatic heterocycles. The van der Waals surface area contributed by atoms with E-state index in [1.165, 1.54) is 0 Å². The predicted molar refractivity (Wildman–Crippen MR) is 143 cm³/mol. The lowest BCUT2D eigenvalue weighted by atomic mass is 10.2. The highest BCUT2D eigenvalue weighted by Gasteiger charge is 2.12. The van der Waals surface area contributed by atoms with Gasteiger partial charge in [0.25, 0.3) is 0 Å². The van der Waals surface area contributed by atoms with Crippen LogP contribution in [0.2, 0.25) is 0 Å². The van der Waals surface area contributed by atoms with Crippen LogP contribution in [0.3, 0.4) is 0 Å². The Morgan fingerprint density at radius 2 is 1.21 bits per heavy atom. The van der Waals surface area contributed by atoms with E-state index in [2.05, 4.69) is 113 Å². The first-order valence-electron chi connectivity index (χ1n) is 5.80. The van der Waals surface area contributed by atoms with Gasteiger partial charge in [-0.2, -0.15) is 0 Å². The molecule has 2 N–H and O–H groups in total. The van der Waals surface area contributed by atoms with Gasteiger partial charge in [0, 0.05) is 21.4 Å². The van der Waals surface area contributed by atoms with Crippen LogP contribution in [0.15, 0.2) is 24.3 Å². The monoisotopic (exact) mass is 999 g/mol. The summed E-state index contributed by atoms with van der Waals surface area (Å²) in [5.41, 5.74) is 0.757. The zero-order valence-corrected chi connectivity index (χ0v) is 24.2. The normalized spacial score (nSPS) is 9.92. The fourth-order valence-electron chi connectivity index (χ4n) is 1.40. The van der Waals surface area contributed by atoms with E-state index in [1.807, 2.05) is 34.7 Å². The maximum atomic E-state index is 10.7. The largest absolute Gasteiger partial charge is 0.478 e. The van der Waals surface area contributed by atoms with Crippen molar-refractivity contribution in [3.05, 3.63) is 56.8 Å². The Morgan fingerprint density at radius 1 is 0.667 bits per heavy atom. The Balaban J connectivity index is 0.000000240. The van der Waals surface area contributed by atoms with Crippen molar-refractivity contribution >= 4 is 147 Å². The van der Waals surface area contributed by atoms with E-state index >= 15 is 0 Å². The minimum atomic E-state index is -0.867. The molecule has 0 unspecified atom stereocenters. The maximum Gasteiger partial charge on any atom is 0.336 e. The minimum Gasteiger partial charge on any atom is -0.478 e. The van der Waals surface area contributed by atoms with Gasteiger partial charge in [-0.1, -0.05) is 0 Å². The molecule has 0 fully saturated rings. The highest BCUT2D eigenvalue weighted by atomic mass is 127. The van der Waals surface area contributed by atoms with Crippen molar-refractivity contribution in [1.82, 2.24) is 0 Å². The standard InChI is InChI=1S/2C7H3I3O2/c8-3-1-4(7(11)12)6(10)5(9)2-3;8-4-2-1-3(7(11)12)5(9)6(4)10/h2*1-2H,(H,11,12). The van der Waals surface area contributed by atoms with Crippen LogP contribution in [-0.2, 0) is 0 Å². The summed E-state index contributed by atoms with van der Waals surface area (Å²) in [6, 6.07) is 7.07. The average molecular weight is 1000 g/mol. The van der Waals surface area contributed by atoms with Gasteiger partial charge in [-0.15, -0.1) is 0 Å². The van der Waals surface area contributed by atoms with Gasteiger partial charge in [-0.05, 0) is 160 Å². The number of rotatable bonds is 2. The molecule has 0 atom stereocenters. The molecule has 4 nitrogen and oxygen atoms in total. The van der Waals surface area contributed by atoms with Crippen molar-refractivity contribution in [1.29, 1.82) is 0 Å². The van der Waals surface area contributed by atoms with Gasteiger partial charge in [-0.25, -0.2) is 9.59 Å². The summed E-state index contributed by atoms with van der Waals surface area (Å²) < 4.78 is 5.65. The van der Waals surface area contributed by atoms with Crippen LogP contribution in [0.1, 0.15) is 20.7 Å². The number of carboxylic acid groups (broad SMARTS) is 2. The van der Waals surface area contributed by atoms with Crippen molar-refractivity contribution in [3.8, 4) is 0 Å². The Hall–Kier alpha value is 1.76. The lowest BCUT2D eigenvalue weighted by Crippen LogP contribution is -2.02.